The normalized spacial score (nSPS) is 10.4. The first-order valence-corrected chi connectivity index (χ1v) is 14.4. The van der Waals surface area contributed by atoms with Crippen molar-refractivity contribution >= 4 is 88.0 Å². The van der Waals surface area contributed by atoms with E-state index >= 15 is 0 Å². The van der Waals surface area contributed by atoms with Crippen LogP contribution in [0.25, 0.3) is 0 Å². The molecule has 2 amide bonds. The number of halogens is 4. The molecular formula is C28H18Br4CuN4O4. The molecule has 0 heterocycles. The first-order chi connectivity index (χ1) is 19.2. The van der Waals surface area contributed by atoms with Gasteiger partial charge in [-0.05, 0) is 59.7 Å². The number of benzene rings is 4. The fourth-order valence-corrected chi connectivity index (χ4v) is 5.50. The standard InChI is InChI=1S/2C14H10Br2N2O2.Cu/c2*15-11-6-10(13(19)12(16)7-11)8-17-18-14(20)9-4-2-1-3-5-9;/h2*1-8,19H,(H,18,20);/q;;+2/p-2/b2*17-8-;. The van der Waals surface area contributed by atoms with E-state index in [9.17, 15) is 19.8 Å². The van der Waals surface area contributed by atoms with E-state index in [0.717, 1.165) is 8.95 Å². The Morgan fingerprint density at radius 3 is 1.29 bits per heavy atom. The molecule has 0 unspecified atom stereocenters. The van der Waals surface area contributed by atoms with Crippen molar-refractivity contribution in [3.8, 4) is 11.5 Å². The predicted molar refractivity (Wildman–Crippen MR) is 166 cm³/mol. The van der Waals surface area contributed by atoms with Crippen LogP contribution in [0.15, 0.2) is 113 Å². The van der Waals surface area contributed by atoms with Gasteiger partial charge in [0.05, 0.1) is 12.4 Å². The van der Waals surface area contributed by atoms with E-state index in [0.29, 0.717) is 31.2 Å². The van der Waals surface area contributed by atoms with E-state index in [1.807, 2.05) is 12.1 Å². The molecule has 0 aliphatic heterocycles. The zero-order valence-corrected chi connectivity index (χ0v) is 27.9. The van der Waals surface area contributed by atoms with Crippen molar-refractivity contribution in [2.75, 3.05) is 0 Å². The Labute approximate surface area is 280 Å². The Hall–Kier alpha value is -2.80. The van der Waals surface area contributed by atoms with Crippen LogP contribution in [-0.4, -0.2) is 24.2 Å². The van der Waals surface area contributed by atoms with Gasteiger partial charge in [-0.15, -0.1) is 0 Å². The maximum absolute atomic E-state index is 11.8. The van der Waals surface area contributed by atoms with Crippen molar-refractivity contribution in [3.63, 3.8) is 0 Å². The maximum Gasteiger partial charge on any atom is 2.00 e. The fourth-order valence-electron chi connectivity index (χ4n) is 2.98. The second-order valence-corrected chi connectivity index (χ2v) is 11.3. The van der Waals surface area contributed by atoms with Crippen molar-refractivity contribution < 1.29 is 36.9 Å². The van der Waals surface area contributed by atoms with Gasteiger partial charge in [0, 0.05) is 29.0 Å². The zero-order valence-electron chi connectivity index (χ0n) is 20.6. The van der Waals surface area contributed by atoms with Crippen LogP contribution in [0.3, 0.4) is 0 Å². The Balaban J connectivity index is 0.000000280. The summed E-state index contributed by atoms with van der Waals surface area (Å²) in [4.78, 5) is 23.5. The zero-order chi connectivity index (χ0) is 29.1. The number of hydrogen-bond donors (Lipinski definition) is 2. The van der Waals surface area contributed by atoms with E-state index < -0.39 is 0 Å². The Morgan fingerprint density at radius 1 is 0.610 bits per heavy atom. The van der Waals surface area contributed by atoms with Crippen LogP contribution in [0.2, 0.25) is 0 Å². The molecule has 1 radical (unpaired) electrons. The average Bonchev–Trinajstić information content (AvgIpc) is 2.95. The van der Waals surface area contributed by atoms with Crippen molar-refractivity contribution in [3.05, 3.63) is 125 Å². The number of carbonyl (C=O) groups is 2. The molecule has 213 valence electrons. The summed E-state index contributed by atoms with van der Waals surface area (Å²) in [7, 11) is 0. The smallest absolute Gasteiger partial charge is 0.871 e. The van der Waals surface area contributed by atoms with Crippen LogP contribution < -0.4 is 21.1 Å². The van der Waals surface area contributed by atoms with Crippen LogP contribution in [0, 0.1) is 0 Å². The van der Waals surface area contributed by atoms with Crippen LogP contribution in [0.5, 0.6) is 11.5 Å². The molecule has 2 N–H and O–H groups in total. The molecule has 4 aromatic rings. The third-order valence-corrected chi connectivity index (χ3v) is 6.98. The van der Waals surface area contributed by atoms with Gasteiger partial charge in [0.15, 0.2) is 0 Å². The van der Waals surface area contributed by atoms with Crippen molar-refractivity contribution in [1.29, 1.82) is 0 Å². The van der Waals surface area contributed by atoms with Crippen LogP contribution >= 0.6 is 63.7 Å². The monoisotopic (exact) mass is 853 g/mol. The van der Waals surface area contributed by atoms with Crippen molar-refractivity contribution in [1.82, 2.24) is 10.9 Å². The molecule has 0 spiro atoms. The largest absolute Gasteiger partial charge is 2.00 e. The molecule has 0 saturated heterocycles. The molecule has 0 aromatic heterocycles. The van der Waals surface area contributed by atoms with E-state index in [4.69, 9.17) is 0 Å². The summed E-state index contributed by atoms with van der Waals surface area (Å²) in [5.74, 6) is -1.04. The molecule has 0 aliphatic rings. The summed E-state index contributed by atoms with van der Waals surface area (Å²) in [5.41, 5.74) is 6.50. The Kier molecular flexibility index (Phi) is 14.5. The number of rotatable bonds is 6. The minimum Gasteiger partial charge on any atom is -0.871 e. The van der Waals surface area contributed by atoms with E-state index in [-0.39, 0.29) is 40.4 Å². The van der Waals surface area contributed by atoms with Gasteiger partial charge in [0.2, 0.25) is 0 Å². The number of amides is 2. The van der Waals surface area contributed by atoms with E-state index in [1.165, 1.54) is 12.4 Å². The van der Waals surface area contributed by atoms with Crippen LogP contribution in [0.4, 0.5) is 0 Å². The summed E-state index contributed by atoms with van der Waals surface area (Å²) in [5, 5.41) is 31.2. The van der Waals surface area contributed by atoms with E-state index in [1.54, 1.807) is 72.8 Å². The quantitative estimate of drug-likeness (QED) is 0.138. The molecule has 13 heteroatoms. The van der Waals surface area contributed by atoms with Crippen LogP contribution in [-0.2, 0) is 17.1 Å². The second kappa shape index (κ2) is 17.2. The molecule has 0 atom stereocenters. The molecule has 8 nitrogen and oxygen atoms in total. The minimum atomic E-state index is -0.330. The van der Waals surface area contributed by atoms with Gasteiger partial charge < -0.3 is 10.2 Å². The molecule has 4 rings (SSSR count). The van der Waals surface area contributed by atoms with Gasteiger partial charge in [-0.1, -0.05) is 112 Å². The number of nitrogens with zero attached hydrogens (tertiary/aromatic N) is 2. The third kappa shape index (κ3) is 10.8. The van der Waals surface area contributed by atoms with Gasteiger partial charge in [-0.3, -0.25) is 9.59 Å². The average molecular weight is 858 g/mol. The molecule has 0 fully saturated rings. The van der Waals surface area contributed by atoms with Gasteiger partial charge in [-0.25, -0.2) is 10.9 Å². The number of hydrogen-bond acceptors (Lipinski definition) is 6. The summed E-state index contributed by atoms with van der Waals surface area (Å²) in [6.45, 7) is 0. The second-order valence-electron chi connectivity index (χ2n) is 7.74. The number of hydrazone groups is 2. The first-order valence-electron chi connectivity index (χ1n) is 11.2. The molecular weight excluding hydrogens is 839 g/mol. The Bertz CT molecular complexity index is 1440. The summed E-state index contributed by atoms with van der Waals surface area (Å²) < 4.78 is 2.37. The molecule has 0 bridgehead atoms. The maximum atomic E-state index is 11.8. The topological polar surface area (TPSA) is 129 Å². The molecule has 0 aliphatic carbocycles. The van der Waals surface area contributed by atoms with Gasteiger partial charge in [-0.2, -0.15) is 10.2 Å². The first kappa shape index (κ1) is 34.4. The summed E-state index contributed by atoms with van der Waals surface area (Å²) in [6, 6.07) is 24.0. The van der Waals surface area contributed by atoms with Gasteiger partial charge >= 0.3 is 17.1 Å². The summed E-state index contributed by atoms with van der Waals surface area (Å²) >= 11 is 12.9. The van der Waals surface area contributed by atoms with Crippen molar-refractivity contribution in [2.45, 2.75) is 0 Å². The third-order valence-electron chi connectivity index (χ3n) is 4.89. The number of nitrogens with one attached hydrogen (secondary N) is 2. The fraction of sp³-hybridized carbons (Fsp3) is 0. The van der Waals surface area contributed by atoms with Crippen molar-refractivity contribution in [2.24, 2.45) is 10.2 Å². The SMILES string of the molecule is O=C(N/N=C\c1cc(Br)cc(Br)c1[O-])c1ccccc1.O=C(N/N=C\c1cc(Br)cc(Br)c1[O-])c1ccccc1.[Cu+2]. The molecule has 0 saturated carbocycles. The Morgan fingerprint density at radius 2 is 0.951 bits per heavy atom. The van der Waals surface area contributed by atoms with Gasteiger partial charge in [0.1, 0.15) is 0 Å². The summed E-state index contributed by atoms with van der Waals surface area (Å²) in [6.07, 6.45) is 2.64. The number of carbonyl (C=O) groups excluding carboxylic acids is 2. The minimum absolute atomic E-state index is 0. The van der Waals surface area contributed by atoms with E-state index in [2.05, 4.69) is 84.8 Å². The molecule has 4 aromatic carbocycles. The predicted octanol–water partition coefficient (Wildman–Crippen LogP) is 6.10. The van der Waals surface area contributed by atoms with Gasteiger partial charge in [0.25, 0.3) is 11.8 Å². The van der Waals surface area contributed by atoms with Crippen LogP contribution in [0.1, 0.15) is 31.8 Å². The molecule has 41 heavy (non-hydrogen) atoms.